The largest absolute Gasteiger partial charge is 0.619 e. The van der Waals surface area contributed by atoms with Gasteiger partial charge in [0.05, 0.1) is 17.1 Å². The summed E-state index contributed by atoms with van der Waals surface area (Å²) in [5.74, 6) is -0.470. The molecular weight excluding hydrogens is 226 g/mol. The summed E-state index contributed by atoms with van der Waals surface area (Å²) in [7, 11) is 1.28. The topological polar surface area (TPSA) is 53.2 Å². The van der Waals surface area contributed by atoms with Crippen molar-refractivity contribution in [3.63, 3.8) is 0 Å². The van der Waals surface area contributed by atoms with Gasteiger partial charge in [0.15, 0.2) is 12.4 Å². The predicted octanol–water partition coefficient (Wildman–Crippen LogP) is 0.869. The third-order valence-electron chi connectivity index (χ3n) is 1.29. The van der Waals surface area contributed by atoms with E-state index in [-0.39, 0.29) is 0 Å². The standard InChI is InChI=1S/C7H6BrNO3/c1-12-7(10)5-2-3-9(11)4-6(5)8/h2-4H,1H3. The molecule has 1 aromatic heterocycles. The lowest BCUT2D eigenvalue weighted by Crippen LogP contribution is -2.25. The monoisotopic (exact) mass is 231 g/mol. The first-order valence-electron chi connectivity index (χ1n) is 3.12. The third kappa shape index (κ3) is 1.73. The molecule has 1 rings (SSSR count). The fourth-order valence-corrected chi connectivity index (χ4v) is 1.22. The van der Waals surface area contributed by atoms with Crippen LogP contribution >= 0.6 is 15.9 Å². The van der Waals surface area contributed by atoms with E-state index >= 15 is 0 Å². The van der Waals surface area contributed by atoms with Gasteiger partial charge in [0.25, 0.3) is 0 Å². The molecule has 0 aliphatic carbocycles. The van der Waals surface area contributed by atoms with E-state index in [9.17, 15) is 10.0 Å². The van der Waals surface area contributed by atoms with Crippen LogP contribution < -0.4 is 4.73 Å². The minimum Gasteiger partial charge on any atom is -0.619 e. The fraction of sp³-hybridized carbons (Fsp3) is 0.143. The van der Waals surface area contributed by atoms with Gasteiger partial charge in [-0.15, -0.1) is 0 Å². The molecule has 12 heavy (non-hydrogen) atoms. The molecular formula is C7H6BrNO3. The molecule has 0 unspecified atom stereocenters. The van der Waals surface area contributed by atoms with Crippen LogP contribution in [0.5, 0.6) is 0 Å². The van der Waals surface area contributed by atoms with E-state index in [4.69, 9.17) is 0 Å². The average Bonchev–Trinajstić information content (AvgIpc) is 2.03. The van der Waals surface area contributed by atoms with E-state index in [0.29, 0.717) is 14.8 Å². The molecule has 1 heterocycles. The first-order valence-corrected chi connectivity index (χ1v) is 3.91. The molecule has 0 radical (unpaired) electrons. The summed E-state index contributed by atoms with van der Waals surface area (Å²) in [6.07, 6.45) is 2.48. The normalized spacial score (nSPS) is 9.50. The van der Waals surface area contributed by atoms with Crippen LogP contribution in [0.15, 0.2) is 22.9 Å². The molecule has 0 saturated carbocycles. The lowest BCUT2D eigenvalue weighted by Gasteiger charge is -2.01. The highest BCUT2D eigenvalue weighted by molar-refractivity contribution is 9.10. The highest BCUT2D eigenvalue weighted by atomic mass is 79.9. The van der Waals surface area contributed by atoms with Crippen molar-refractivity contribution in [3.05, 3.63) is 33.7 Å². The second kappa shape index (κ2) is 3.53. The van der Waals surface area contributed by atoms with Crippen molar-refractivity contribution in [2.45, 2.75) is 0 Å². The molecule has 0 saturated heterocycles. The van der Waals surface area contributed by atoms with Crippen molar-refractivity contribution in [1.82, 2.24) is 0 Å². The summed E-state index contributed by atoms with van der Waals surface area (Å²) in [4.78, 5) is 11.0. The first-order chi connectivity index (χ1) is 5.65. The zero-order valence-electron chi connectivity index (χ0n) is 6.28. The minimum absolute atomic E-state index is 0.338. The van der Waals surface area contributed by atoms with E-state index in [0.717, 1.165) is 0 Å². The Morgan fingerprint density at radius 3 is 2.92 bits per heavy atom. The van der Waals surface area contributed by atoms with Gasteiger partial charge in [-0.25, -0.2) is 4.79 Å². The van der Waals surface area contributed by atoms with Gasteiger partial charge in [0.1, 0.15) is 0 Å². The summed E-state index contributed by atoms with van der Waals surface area (Å²) in [6.45, 7) is 0. The maximum Gasteiger partial charge on any atom is 0.339 e. The molecule has 0 aromatic carbocycles. The Balaban J connectivity index is 3.09. The maximum atomic E-state index is 11.0. The summed E-state index contributed by atoms with van der Waals surface area (Å²) in [6, 6.07) is 1.39. The minimum atomic E-state index is -0.470. The molecule has 0 spiro atoms. The molecule has 0 aliphatic rings. The molecule has 1 aromatic rings. The van der Waals surface area contributed by atoms with Crippen LogP contribution in [0.4, 0.5) is 0 Å². The number of carbonyl (C=O) groups excluding carboxylic acids is 1. The van der Waals surface area contributed by atoms with Gasteiger partial charge in [0.2, 0.25) is 0 Å². The van der Waals surface area contributed by atoms with E-state index < -0.39 is 5.97 Å². The number of halogens is 1. The van der Waals surface area contributed by atoms with Gasteiger partial charge in [-0.3, -0.25) is 0 Å². The van der Waals surface area contributed by atoms with Gasteiger partial charge < -0.3 is 9.94 Å². The SMILES string of the molecule is COC(=O)c1cc[n+]([O-])cc1Br. The molecule has 4 nitrogen and oxygen atoms in total. The molecule has 0 fully saturated rings. The number of aromatic nitrogens is 1. The smallest absolute Gasteiger partial charge is 0.339 e. The molecule has 5 heteroatoms. The van der Waals surface area contributed by atoms with Crippen LogP contribution in [-0.2, 0) is 4.74 Å². The first kappa shape index (κ1) is 8.99. The molecule has 0 amide bonds. The number of methoxy groups -OCH3 is 1. The molecule has 64 valence electrons. The third-order valence-corrected chi connectivity index (χ3v) is 1.92. The maximum absolute atomic E-state index is 11.0. The lowest BCUT2D eigenvalue weighted by molar-refractivity contribution is -0.606. The Morgan fingerprint density at radius 1 is 1.75 bits per heavy atom. The molecule has 0 atom stereocenters. The molecule has 0 aliphatic heterocycles. The number of carbonyl (C=O) groups is 1. The van der Waals surface area contributed by atoms with E-state index in [1.807, 2.05) is 0 Å². The van der Waals surface area contributed by atoms with Crippen molar-refractivity contribution in [1.29, 1.82) is 0 Å². The fourth-order valence-electron chi connectivity index (χ4n) is 0.727. The summed E-state index contributed by atoms with van der Waals surface area (Å²) in [5, 5.41) is 10.7. The Labute approximate surface area is 77.5 Å². The van der Waals surface area contributed by atoms with Crippen molar-refractivity contribution in [3.8, 4) is 0 Å². The van der Waals surface area contributed by atoms with Gasteiger partial charge in [-0.05, 0) is 15.9 Å². The van der Waals surface area contributed by atoms with Gasteiger partial charge in [-0.1, -0.05) is 0 Å². The lowest BCUT2D eigenvalue weighted by atomic mass is 10.3. The number of nitrogens with zero attached hydrogens (tertiary/aromatic N) is 1. The van der Waals surface area contributed by atoms with E-state index in [1.165, 1.54) is 25.6 Å². The highest BCUT2D eigenvalue weighted by Gasteiger charge is 2.11. The van der Waals surface area contributed by atoms with Crippen LogP contribution in [0.25, 0.3) is 0 Å². The highest BCUT2D eigenvalue weighted by Crippen LogP contribution is 2.13. The van der Waals surface area contributed by atoms with E-state index in [2.05, 4.69) is 20.7 Å². The van der Waals surface area contributed by atoms with Crippen molar-refractivity contribution >= 4 is 21.9 Å². The van der Waals surface area contributed by atoms with Crippen LogP contribution in [0.3, 0.4) is 0 Å². The average molecular weight is 232 g/mol. The summed E-state index contributed by atoms with van der Waals surface area (Å²) < 4.78 is 5.49. The summed E-state index contributed by atoms with van der Waals surface area (Å²) >= 11 is 3.07. The number of rotatable bonds is 1. The molecule has 0 N–H and O–H groups in total. The number of hydrogen-bond acceptors (Lipinski definition) is 3. The van der Waals surface area contributed by atoms with Gasteiger partial charge in [0, 0.05) is 6.07 Å². The number of ether oxygens (including phenoxy) is 1. The zero-order valence-corrected chi connectivity index (χ0v) is 7.87. The van der Waals surface area contributed by atoms with Gasteiger partial charge in [-0.2, -0.15) is 4.73 Å². The second-order valence-electron chi connectivity index (χ2n) is 2.06. The predicted molar refractivity (Wildman–Crippen MR) is 44.4 cm³/mol. The number of esters is 1. The van der Waals surface area contributed by atoms with Crippen LogP contribution in [0, 0.1) is 5.21 Å². The zero-order chi connectivity index (χ0) is 9.14. The van der Waals surface area contributed by atoms with Crippen molar-refractivity contribution in [2.24, 2.45) is 0 Å². The quantitative estimate of drug-likeness (QED) is 0.410. The van der Waals surface area contributed by atoms with E-state index in [1.54, 1.807) is 0 Å². The Bertz CT molecular complexity index is 314. The second-order valence-corrected chi connectivity index (χ2v) is 2.91. The molecule has 0 bridgehead atoms. The Morgan fingerprint density at radius 2 is 2.42 bits per heavy atom. The summed E-state index contributed by atoms with van der Waals surface area (Å²) in [5.41, 5.74) is 0.338. The number of hydrogen-bond donors (Lipinski definition) is 0. The Kier molecular flexibility index (Phi) is 2.65. The van der Waals surface area contributed by atoms with Gasteiger partial charge >= 0.3 is 5.97 Å². The number of pyridine rings is 1. The van der Waals surface area contributed by atoms with Crippen LogP contribution in [0.1, 0.15) is 10.4 Å². The Hall–Kier alpha value is -1.10. The van der Waals surface area contributed by atoms with Crippen LogP contribution in [-0.4, -0.2) is 13.1 Å². The van der Waals surface area contributed by atoms with Crippen molar-refractivity contribution < 1.29 is 14.3 Å². The van der Waals surface area contributed by atoms with Crippen molar-refractivity contribution in [2.75, 3.05) is 7.11 Å². The van der Waals surface area contributed by atoms with Crippen LogP contribution in [0.2, 0.25) is 0 Å².